The molecule has 86 valence electrons. The van der Waals surface area contributed by atoms with Gasteiger partial charge in [-0.05, 0) is 6.07 Å². The van der Waals surface area contributed by atoms with Crippen LogP contribution in [-0.2, 0) is 0 Å². The molecule has 1 atom stereocenters. The van der Waals surface area contributed by atoms with Crippen LogP contribution < -0.4 is 10.5 Å². The minimum absolute atomic E-state index is 0. The van der Waals surface area contributed by atoms with Gasteiger partial charge < -0.3 is 10.5 Å². The molecule has 0 bridgehead atoms. The van der Waals surface area contributed by atoms with Gasteiger partial charge in [-0.15, -0.1) is 12.4 Å². The Morgan fingerprint density at radius 3 is 2.33 bits per heavy atom. The molecule has 0 radical (unpaired) electrons. The van der Waals surface area contributed by atoms with Crippen LogP contribution in [0.1, 0.15) is 11.6 Å². The molecule has 15 heavy (non-hydrogen) atoms. The standard InChI is InChI=1S/C9H10F3NO.ClH/c1-14-5-2-3-6(7(10)4-5)8(13)9(11)12;/h2-4,8-9H,13H2,1H3;1H/t8-;/m0./s1. The molecule has 0 aliphatic heterocycles. The number of nitrogens with two attached hydrogens (primary N) is 1. The van der Waals surface area contributed by atoms with E-state index in [1.54, 1.807) is 0 Å². The molecule has 0 amide bonds. The fraction of sp³-hybridized carbons (Fsp3) is 0.333. The third kappa shape index (κ3) is 3.28. The Bertz CT molecular complexity index is 322. The summed E-state index contributed by atoms with van der Waals surface area (Å²) in [5.74, 6) is -0.509. The van der Waals surface area contributed by atoms with Crippen LogP contribution >= 0.6 is 12.4 Å². The number of benzene rings is 1. The quantitative estimate of drug-likeness (QED) is 0.883. The van der Waals surface area contributed by atoms with Crippen LogP contribution in [0.15, 0.2) is 18.2 Å². The Morgan fingerprint density at radius 2 is 1.93 bits per heavy atom. The second-order valence-electron chi connectivity index (χ2n) is 2.75. The molecule has 1 rings (SSSR count). The van der Waals surface area contributed by atoms with Gasteiger partial charge in [-0.2, -0.15) is 0 Å². The molecule has 2 nitrogen and oxygen atoms in total. The van der Waals surface area contributed by atoms with Crippen molar-refractivity contribution in [1.82, 2.24) is 0 Å². The van der Waals surface area contributed by atoms with E-state index in [4.69, 9.17) is 10.5 Å². The molecule has 0 fully saturated rings. The smallest absolute Gasteiger partial charge is 0.257 e. The molecule has 0 heterocycles. The van der Waals surface area contributed by atoms with Gasteiger partial charge in [-0.25, -0.2) is 13.2 Å². The van der Waals surface area contributed by atoms with Gasteiger partial charge in [0.25, 0.3) is 6.43 Å². The van der Waals surface area contributed by atoms with Crippen molar-refractivity contribution < 1.29 is 17.9 Å². The number of hydrogen-bond donors (Lipinski definition) is 1. The summed E-state index contributed by atoms with van der Waals surface area (Å²) in [4.78, 5) is 0. The van der Waals surface area contributed by atoms with Crippen LogP contribution in [0.25, 0.3) is 0 Å². The highest BCUT2D eigenvalue weighted by Crippen LogP contribution is 2.24. The number of halogens is 4. The summed E-state index contributed by atoms with van der Waals surface area (Å²) in [7, 11) is 1.36. The lowest BCUT2D eigenvalue weighted by molar-refractivity contribution is 0.114. The first-order chi connectivity index (χ1) is 6.56. The molecule has 0 aromatic heterocycles. The van der Waals surface area contributed by atoms with E-state index in [2.05, 4.69) is 0 Å². The molecule has 0 unspecified atom stereocenters. The second kappa shape index (κ2) is 5.82. The Hall–Kier alpha value is -0.940. The third-order valence-electron chi connectivity index (χ3n) is 1.84. The fourth-order valence-corrected chi connectivity index (χ4v) is 1.04. The van der Waals surface area contributed by atoms with E-state index in [0.29, 0.717) is 0 Å². The van der Waals surface area contributed by atoms with Crippen molar-refractivity contribution in [1.29, 1.82) is 0 Å². The maximum absolute atomic E-state index is 13.2. The summed E-state index contributed by atoms with van der Waals surface area (Å²) in [5, 5.41) is 0. The van der Waals surface area contributed by atoms with Gasteiger partial charge >= 0.3 is 0 Å². The molecule has 2 N–H and O–H groups in total. The highest BCUT2D eigenvalue weighted by atomic mass is 35.5. The fourth-order valence-electron chi connectivity index (χ4n) is 1.04. The Kier molecular flexibility index (Phi) is 5.46. The average Bonchev–Trinajstić information content (AvgIpc) is 2.16. The summed E-state index contributed by atoms with van der Waals surface area (Å²) in [6, 6.07) is 2.02. The minimum atomic E-state index is -2.78. The SMILES string of the molecule is COc1ccc([C@H](N)C(F)F)c(F)c1.Cl. The zero-order valence-corrected chi connectivity index (χ0v) is 8.73. The topological polar surface area (TPSA) is 35.2 Å². The van der Waals surface area contributed by atoms with Crippen LogP contribution in [-0.4, -0.2) is 13.5 Å². The first-order valence-corrected chi connectivity index (χ1v) is 3.93. The molecule has 0 aliphatic carbocycles. The summed E-state index contributed by atoms with van der Waals surface area (Å²) in [5.41, 5.74) is 4.89. The first-order valence-electron chi connectivity index (χ1n) is 3.93. The molecule has 0 spiro atoms. The first kappa shape index (κ1) is 14.1. The van der Waals surface area contributed by atoms with Gasteiger partial charge in [0, 0.05) is 11.6 Å². The Labute approximate surface area is 91.6 Å². The predicted molar refractivity (Wildman–Crippen MR) is 53.1 cm³/mol. The maximum atomic E-state index is 13.2. The van der Waals surface area contributed by atoms with Crippen molar-refractivity contribution in [2.75, 3.05) is 7.11 Å². The van der Waals surface area contributed by atoms with Crippen LogP contribution in [0.3, 0.4) is 0 Å². The molecule has 0 saturated carbocycles. The molecule has 1 aromatic carbocycles. The molecule has 0 saturated heterocycles. The summed E-state index contributed by atoms with van der Waals surface area (Å²) >= 11 is 0. The summed E-state index contributed by atoms with van der Waals surface area (Å²) in [6.07, 6.45) is -2.78. The Morgan fingerprint density at radius 1 is 1.33 bits per heavy atom. The lowest BCUT2D eigenvalue weighted by Gasteiger charge is -2.12. The molecular weight excluding hydrogens is 231 g/mol. The largest absolute Gasteiger partial charge is 0.497 e. The van der Waals surface area contributed by atoms with E-state index < -0.39 is 18.3 Å². The highest BCUT2D eigenvalue weighted by Gasteiger charge is 2.20. The zero-order chi connectivity index (χ0) is 10.7. The monoisotopic (exact) mass is 241 g/mol. The number of hydrogen-bond acceptors (Lipinski definition) is 2. The number of ether oxygens (including phenoxy) is 1. The third-order valence-corrected chi connectivity index (χ3v) is 1.84. The van der Waals surface area contributed by atoms with Gasteiger partial charge in [-0.1, -0.05) is 6.07 Å². The van der Waals surface area contributed by atoms with Crippen molar-refractivity contribution in [3.05, 3.63) is 29.6 Å². The van der Waals surface area contributed by atoms with Crippen LogP contribution in [0.4, 0.5) is 13.2 Å². The van der Waals surface area contributed by atoms with Crippen LogP contribution in [0, 0.1) is 5.82 Å². The number of rotatable bonds is 3. The number of methoxy groups -OCH3 is 1. The highest BCUT2D eigenvalue weighted by molar-refractivity contribution is 5.85. The van der Waals surface area contributed by atoms with Gasteiger partial charge in [0.2, 0.25) is 0 Å². The number of alkyl halides is 2. The predicted octanol–water partition coefficient (Wildman–Crippen LogP) is 2.52. The van der Waals surface area contributed by atoms with Gasteiger partial charge in [0.05, 0.1) is 13.2 Å². The van der Waals surface area contributed by atoms with Gasteiger partial charge in [0.15, 0.2) is 0 Å². The zero-order valence-electron chi connectivity index (χ0n) is 7.91. The summed E-state index contributed by atoms with van der Waals surface area (Å²) in [6.45, 7) is 0. The Balaban J connectivity index is 0.00000196. The normalized spacial score (nSPS) is 12.1. The molecule has 1 aromatic rings. The lowest BCUT2D eigenvalue weighted by Crippen LogP contribution is -2.20. The summed E-state index contributed by atoms with van der Waals surface area (Å²) < 4.78 is 42.2. The van der Waals surface area contributed by atoms with E-state index in [1.165, 1.54) is 19.2 Å². The van der Waals surface area contributed by atoms with Crippen molar-refractivity contribution in [2.45, 2.75) is 12.5 Å². The molecular formula is C9H11ClF3NO. The van der Waals surface area contributed by atoms with Gasteiger partial charge in [0.1, 0.15) is 11.6 Å². The van der Waals surface area contributed by atoms with Crippen LogP contribution in [0.5, 0.6) is 5.75 Å². The molecule has 6 heteroatoms. The second-order valence-corrected chi connectivity index (χ2v) is 2.75. The maximum Gasteiger partial charge on any atom is 0.257 e. The van der Waals surface area contributed by atoms with E-state index in [1.807, 2.05) is 0 Å². The van der Waals surface area contributed by atoms with Crippen molar-refractivity contribution >= 4 is 12.4 Å². The van der Waals surface area contributed by atoms with Crippen molar-refractivity contribution in [2.24, 2.45) is 5.73 Å². The van der Waals surface area contributed by atoms with E-state index >= 15 is 0 Å². The van der Waals surface area contributed by atoms with Gasteiger partial charge in [-0.3, -0.25) is 0 Å². The minimum Gasteiger partial charge on any atom is -0.497 e. The van der Waals surface area contributed by atoms with E-state index in [9.17, 15) is 13.2 Å². The average molecular weight is 242 g/mol. The van der Waals surface area contributed by atoms with E-state index in [0.717, 1.165) is 6.07 Å². The van der Waals surface area contributed by atoms with Crippen molar-refractivity contribution in [3.8, 4) is 5.75 Å². The molecule has 0 aliphatic rings. The van der Waals surface area contributed by atoms with Crippen LogP contribution in [0.2, 0.25) is 0 Å². The van der Waals surface area contributed by atoms with E-state index in [-0.39, 0.29) is 23.7 Å². The lowest BCUT2D eigenvalue weighted by atomic mass is 10.1. The van der Waals surface area contributed by atoms with Crippen molar-refractivity contribution in [3.63, 3.8) is 0 Å².